The average molecular weight is 311 g/mol. The summed E-state index contributed by atoms with van der Waals surface area (Å²) in [5.74, 6) is 0.697. The lowest BCUT2D eigenvalue weighted by molar-refractivity contribution is 1.21. The Morgan fingerprint density at radius 1 is 1.18 bits per heavy atom. The third-order valence-corrected chi connectivity index (χ3v) is 3.59. The Balaban J connectivity index is 1.90. The normalized spacial score (nSPS) is 11.7. The highest BCUT2D eigenvalue weighted by Crippen LogP contribution is 2.23. The van der Waals surface area contributed by atoms with Gasteiger partial charge in [-0.25, -0.2) is 4.98 Å². The van der Waals surface area contributed by atoms with Gasteiger partial charge in [0, 0.05) is 16.6 Å². The summed E-state index contributed by atoms with van der Waals surface area (Å²) in [6, 6.07) is 13.3. The highest BCUT2D eigenvalue weighted by atomic mass is 35.5. The maximum atomic E-state index is 6.03. The van der Waals surface area contributed by atoms with E-state index in [2.05, 4.69) is 20.5 Å². The number of nitrogens with zero attached hydrogens (tertiary/aromatic N) is 3. The molecule has 1 aromatic carbocycles. The van der Waals surface area contributed by atoms with Crippen molar-refractivity contribution in [2.24, 2.45) is 5.10 Å². The van der Waals surface area contributed by atoms with Gasteiger partial charge in [-0.3, -0.25) is 10.4 Å². The van der Waals surface area contributed by atoms with E-state index in [1.807, 2.05) is 56.3 Å². The first-order valence-corrected chi connectivity index (χ1v) is 7.30. The number of aryl methyl sites for hydroxylation is 1. The fourth-order valence-electron chi connectivity index (χ4n) is 2.20. The molecule has 0 saturated carbocycles. The number of hydrazone groups is 1. The molecule has 0 aliphatic rings. The van der Waals surface area contributed by atoms with Gasteiger partial charge in [0.05, 0.1) is 16.9 Å². The summed E-state index contributed by atoms with van der Waals surface area (Å²) in [5, 5.41) is 6.10. The molecule has 2 heterocycles. The molecule has 0 unspecified atom stereocenters. The zero-order valence-electron chi connectivity index (χ0n) is 12.3. The van der Waals surface area contributed by atoms with E-state index < -0.39 is 0 Å². The number of benzene rings is 1. The zero-order valence-corrected chi connectivity index (χ0v) is 13.1. The predicted molar refractivity (Wildman–Crippen MR) is 91.6 cm³/mol. The molecule has 2 aromatic heterocycles. The fraction of sp³-hybridized carbons (Fsp3) is 0.118. The van der Waals surface area contributed by atoms with Gasteiger partial charge in [-0.05, 0) is 55.8 Å². The standard InChI is InChI=1S/C17H15ClN4/c1-11-9-17(20-16-7-6-13(18)10-14(11)16)22-21-12(2)15-5-3-4-8-19-15/h3-10H,1-2H3,(H,20,22)/b21-12+. The lowest BCUT2D eigenvalue weighted by Crippen LogP contribution is -2.03. The SMILES string of the molecule is C/C(=N\Nc1cc(C)c2cc(Cl)ccc2n1)c1ccccn1. The van der Waals surface area contributed by atoms with Crippen LogP contribution in [0, 0.1) is 6.92 Å². The van der Waals surface area contributed by atoms with E-state index >= 15 is 0 Å². The Kier molecular flexibility index (Phi) is 4.02. The minimum absolute atomic E-state index is 0.697. The van der Waals surface area contributed by atoms with Crippen molar-refractivity contribution in [3.63, 3.8) is 0 Å². The zero-order chi connectivity index (χ0) is 15.5. The van der Waals surface area contributed by atoms with Gasteiger partial charge in [0.2, 0.25) is 0 Å². The second-order valence-electron chi connectivity index (χ2n) is 5.01. The molecule has 0 atom stereocenters. The summed E-state index contributed by atoms with van der Waals surface area (Å²) in [6.07, 6.45) is 1.75. The van der Waals surface area contributed by atoms with Gasteiger partial charge in [0.15, 0.2) is 0 Å². The van der Waals surface area contributed by atoms with Crippen molar-refractivity contribution in [3.8, 4) is 0 Å². The summed E-state index contributed by atoms with van der Waals surface area (Å²) >= 11 is 6.03. The monoisotopic (exact) mass is 310 g/mol. The maximum absolute atomic E-state index is 6.03. The van der Waals surface area contributed by atoms with Crippen molar-refractivity contribution in [2.45, 2.75) is 13.8 Å². The third kappa shape index (κ3) is 3.07. The lowest BCUT2D eigenvalue weighted by Gasteiger charge is -2.07. The Morgan fingerprint density at radius 3 is 2.82 bits per heavy atom. The topological polar surface area (TPSA) is 50.2 Å². The molecule has 0 spiro atoms. The number of fused-ring (bicyclic) bond motifs is 1. The van der Waals surface area contributed by atoms with Gasteiger partial charge >= 0.3 is 0 Å². The fourth-order valence-corrected chi connectivity index (χ4v) is 2.37. The second kappa shape index (κ2) is 6.12. The number of anilines is 1. The van der Waals surface area contributed by atoms with Crippen LogP contribution in [0.5, 0.6) is 0 Å². The number of aromatic nitrogens is 2. The Hall–Kier alpha value is -2.46. The Morgan fingerprint density at radius 2 is 2.05 bits per heavy atom. The van der Waals surface area contributed by atoms with Crippen LogP contribution in [0.1, 0.15) is 18.2 Å². The number of halogens is 1. The smallest absolute Gasteiger partial charge is 0.147 e. The van der Waals surface area contributed by atoms with Crippen LogP contribution in [0.2, 0.25) is 5.02 Å². The minimum atomic E-state index is 0.697. The van der Waals surface area contributed by atoms with Crippen molar-refractivity contribution < 1.29 is 0 Å². The first-order valence-electron chi connectivity index (χ1n) is 6.92. The van der Waals surface area contributed by atoms with Gasteiger partial charge in [0.25, 0.3) is 0 Å². The maximum Gasteiger partial charge on any atom is 0.147 e. The van der Waals surface area contributed by atoms with E-state index in [4.69, 9.17) is 11.6 Å². The lowest BCUT2D eigenvalue weighted by atomic mass is 10.1. The second-order valence-corrected chi connectivity index (χ2v) is 5.45. The quantitative estimate of drug-likeness (QED) is 0.575. The largest absolute Gasteiger partial charge is 0.261 e. The molecule has 0 aliphatic carbocycles. The molecule has 110 valence electrons. The minimum Gasteiger partial charge on any atom is -0.261 e. The van der Waals surface area contributed by atoms with Gasteiger partial charge in [-0.15, -0.1) is 0 Å². The number of rotatable bonds is 3. The summed E-state index contributed by atoms with van der Waals surface area (Å²) in [7, 11) is 0. The number of nitrogens with one attached hydrogen (secondary N) is 1. The summed E-state index contributed by atoms with van der Waals surface area (Å²) in [5.41, 5.74) is 6.61. The highest BCUT2D eigenvalue weighted by Gasteiger charge is 2.04. The van der Waals surface area contributed by atoms with Crippen LogP contribution < -0.4 is 5.43 Å². The first kappa shape index (κ1) is 14.5. The van der Waals surface area contributed by atoms with Crippen LogP contribution in [0.3, 0.4) is 0 Å². The van der Waals surface area contributed by atoms with E-state index in [0.29, 0.717) is 10.8 Å². The van der Waals surface area contributed by atoms with Crippen molar-refractivity contribution in [3.05, 3.63) is 64.9 Å². The highest BCUT2D eigenvalue weighted by molar-refractivity contribution is 6.31. The third-order valence-electron chi connectivity index (χ3n) is 3.35. The van der Waals surface area contributed by atoms with Crippen LogP contribution >= 0.6 is 11.6 Å². The van der Waals surface area contributed by atoms with Crippen LogP contribution in [0.15, 0.2) is 53.8 Å². The summed E-state index contributed by atoms with van der Waals surface area (Å²) in [6.45, 7) is 3.93. The van der Waals surface area contributed by atoms with Crippen LogP contribution in [-0.4, -0.2) is 15.7 Å². The summed E-state index contributed by atoms with van der Waals surface area (Å²) in [4.78, 5) is 8.81. The summed E-state index contributed by atoms with van der Waals surface area (Å²) < 4.78 is 0. The Bertz CT molecular complexity index is 844. The van der Waals surface area contributed by atoms with E-state index in [-0.39, 0.29) is 0 Å². The molecular formula is C17H15ClN4. The van der Waals surface area contributed by atoms with Gasteiger partial charge in [-0.2, -0.15) is 5.10 Å². The van der Waals surface area contributed by atoms with Crippen molar-refractivity contribution >= 4 is 34.0 Å². The molecule has 0 saturated heterocycles. The molecular weight excluding hydrogens is 296 g/mol. The molecule has 0 bridgehead atoms. The molecule has 0 aliphatic heterocycles. The van der Waals surface area contributed by atoms with Gasteiger partial charge < -0.3 is 0 Å². The number of pyridine rings is 2. The molecule has 3 rings (SSSR count). The molecule has 22 heavy (non-hydrogen) atoms. The molecule has 0 fully saturated rings. The first-order chi connectivity index (χ1) is 10.6. The van der Waals surface area contributed by atoms with E-state index in [0.717, 1.165) is 27.9 Å². The van der Waals surface area contributed by atoms with Crippen molar-refractivity contribution in [2.75, 3.05) is 5.43 Å². The van der Waals surface area contributed by atoms with E-state index in [1.165, 1.54) is 0 Å². The number of hydrogen-bond donors (Lipinski definition) is 1. The molecule has 4 nitrogen and oxygen atoms in total. The van der Waals surface area contributed by atoms with E-state index in [1.54, 1.807) is 6.20 Å². The van der Waals surface area contributed by atoms with Gasteiger partial charge in [0.1, 0.15) is 5.82 Å². The van der Waals surface area contributed by atoms with Crippen molar-refractivity contribution in [1.29, 1.82) is 0 Å². The predicted octanol–water partition coefficient (Wildman–Crippen LogP) is 4.43. The van der Waals surface area contributed by atoms with Gasteiger partial charge in [-0.1, -0.05) is 17.7 Å². The average Bonchev–Trinajstić information content (AvgIpc) is 2.54. The van der Waals surface area contributed by atoms with Crippen LogP contribution in [0.4, 0.5) is 5.82 Å². The van der Waals surface area contributed by atoms with Crippen LogP contribution in [-0.2, 0) is 0 Å². The molecule has 1 N–H and O–H groups in total. The Labute approximate surface area is 133 Å². The van der Waals surface area contributed by atoms with Crippen LogP contribution in [0.25, 0.3) is 10.9 Å². The molecule has 0 radical (unpaired) electrons. The van der Waals surface area contributed by atoms with E-state index in [9.17, 15) is 0 Å². The molecule has 0 amide bonds. The van der Waals surface area contributed by atoms with Crippen molar-refractivity contribution in [1.82, 2.24) is 9.97 Å². The molecule has 3 aromatic rings. The number of hydrogen-bond acceptors (Lipinski definition) is 4. The molecule has 5 heteroatoms.